The Bertz CT molecular complexity index is 756. The van der Waals surface area contributed by atoms with E-state index in [4.69, 9.17) is 10.5 Å². The first kappa shape index (κ1) is 17.2. The molecular formula is C17H16N2O5. The maximum atomic E-state index is 11.9. The molecule has 0 radical (unpaired) electrons. The molecule has 0 saturated carbocycles. The van der Waals surface area contributed by atoms with E-state index in [1.165, 1.54) is 37.4 Å². The van der Waals surface area contributed by atoms with Gasteiger partial charge in [-0.3, -0.25) is 10.1 Å². The molecule has 2 aromatic carbocycles. The van der Waals surface area contributed by atoms with Crippen molar-refractivity contribution in [2.45, 2.75) is 0 Å². The summed E-state index contributed by atoms with van der Waals surface area (Å²) in [6.45, 7) is -0.111. The van der Waals surface area contributed by atoms with Crippen LogP contribution in [-0.4, -0.2) is 31.5 Å². The van der Waals surface area contributed by atoms with Crippen molar-refractivity contribution in [1.29, 1.82) is 0 Å². The maximum absolute atomic E-state index is 11.9. The molecule has 0 unspecified atom stereocenters. The summed E-state index contributed by atoms with van der Waals surface area (Å²) in [6, 6.07) is 12.3. The molecule has 0 saturated heterocycles. The molecule has 0 bridgehead atoms. The maximum Gasteiger partial charge on any atom is 0.417 e. The summed E-state index contributed by atoms with van der Waals surface area (Å²) in [5.41, 5.74) is 6.46. The van der Waals surface area contributed by atoms with Gasteiger partial charge in [0.15, 0.2) is 5.78 Å². The highest BCUT2D eigenvalue weighted by atomic mass is 16.6. The molecule has 2 rings (SSSR count). The Balaban J connectivity index is 2.00. The van der Waals surface area contributed by atoms with Gasteiger partial charge in [0.25, 0.3) is 0 Å². The predicted molar refractivity (Wildman–Crippen MR) is 87.3 cm³/mol. The number of amides is 1. The lowest BCUT2D eigenvalue weighted by molar-refractivity contribution is 0.0600. The lowest BCUT2D eigenvalue weighted by Crippen LogP contribution is -2.18. The molecule has 0 aromatic heterocycles. The van der Waals surface area contributed by atoms with Crippen molar-refractivity contribution in [3.63, 3.8) is 0 Å². The van der Waals surface area contributed by atoms with Gasteiger partial charge in [0.05, 0.1) is 19.2 Å². The first-order valence-corrected chi connectivity index (χ1v) is 7.04. The van der Waals surface area contributed by atoms with Gasteiger partial charge in [-0.05, 0) is 36.4 Å². The molecule has 3 N–H and O–H groups in total. The van der Waals surface area contributed by atoms with E-state index in [1.807, 2.05) is 0 Å². The van der Waals surface area contributed by atoms with E-state index >= 15 is 0 Å². The summed E-state index contributed by atoms with van der Waals surface area (Å²) in [5.74, 6) is -0.452. The summed E-state index contributed by atoms with van der Waals surface area (Å²) in [4.78, 5) is 34.7. The van der Waals surface area contributed by atoms with Crippen LogP contribution in [0.4, 0.5) is 10.5 Å². The summed E-state index contributed by atoms with van der Waals surface area (Å²) >= 11 is 0. The molecule has 0 aliphatic carbocycles. The molecule has 0 spiro atoms. The monoisotopic (exact) mass is 328 g/mol. The van der Waals surface area contributed by atoms with Crippen LogP contribution < -0.4 is 15.8 Å². The largest absolute Gasteiger partial charge is 0.465 e. The average molecular weight is 328 g/mol. The smallest absolute Gasteiger partial charge is 0.417 e. The van der Waals surface area contributed by atoms with E-state index in [0.29, 0.717) is 16.8 Å². The number of carbonyl (C=O) groups excluding carboxylic acids is 3. The number of esters is 1. The van der Waals surface area contributed by atoms with Crippen LogP contribution in [-0.2, 0) is 4.74 Å². The quantitative estimate of drug-likeness (QED) is 0.643. The van der Waals surface area contributed by atoms with Crippen LogP contribution in [0.3, 0.4) is 0 Å². The van der Waals surface area contributed by atoms with Gasteiger partial charge in [0.1, 0.15) is 5.75 Å². The molecule has 7 nitrogen and oxygen atoms in total. The highest BCUT2D eigenvalue weighted by Crippen LogP contribution is 2.15. The topological polar surface area (TPSA) is 108 Å². The number of rotatable bonds is 5. The summed E-state index contributed by atoms with van der Waals surface area (Å²) in [6.07, 6.45) is -0.724. The van der Waals surface area contributed by atoms with Gasteiger partial charge < -0.3 is 15.2 Å². The van der Waals surface area contributed by atoms with Crippen LogP contribution >= 0.6 is 0 Å². The number of nitrogens with two attached hydrogens (primary N) is 1. The van der Waals surface area contributed by atoms with Crippen molar-refractivity contribution in [2.24, 2.45) is 5.73 Å². The number of nitrogens with one attached hydrogen (secondary N) is 1. The van der Waals surface area contributed by atoms with Crippen LogP contribution in [0.2, 0.25) is 0 Å². The van der Waals surface area contributed by atoms with Gasteiger partial charge in [0.2, 0.25) is 0 Å². The molecule has 24 heavy (non-hydrogen) atoms. The third-order valence-corrected chi connectivity index (χ3v) is 3.10. The van der Waals surface area contributed by atoms with Crippen molar-refractivity contribution in [3.05, 3.63) is 59.7 Å². The van der Waals surface area contributed by atoms with Gasteiger partial charge in [-0.1, -0.05) is 12.1 Å². The first-order valence-electron chi connectivity index (χ1n) is 7.04. The number of hydrogen-bond acceptors (Lipinski definition) is 6. The molecule has 0 aliphatic rings. The number of Topliss-reactive ketones (excluding diaryl/α,β-unsaturated/α-hetero) is 1. The number of benzene rings is 2. The van der Waals surface area contributed by atoms with E-state index in [-0.39, 0.29) is 18.1 Å². The fraction of sp³-hybridized carbons (Fsp3) is 0.118. The van der Waals surface area contributed by atoms with Crippen molar-refractivity contribution < 1.29 is 23.9 Å². The second kappa shape index (κ2) is 7.89. The number of methoxy groups -OCH3 is 1. The Morgan fingerprint density at radius 1 is 1.04 bits per heavy atom. The molecular weight excluding hydrogens is 312 g/mol. The molecule has 0 atom stereocenters. The number of ketones is 1. The number of hydrogen-bond donors (Lipinski definition) is 2. The van der Waals surface area contributed by atoms with Crippen LogP contribution in [0.25, 0.3) is 0 Å². The first-order chi connectivity index (χ1) is 11.5. The summed E-state index contributed by atoms with van der Waals surface area (Å²) in [7, 11) is 1.28. The van der Waals surface area contributed by atoms with Crippen molar-refractivity contribution in [2.75, 3.05) is 19.0 Å². The molecule has 124 valence electrons. The van der Waals surface area contributed by atoms with Crippen LogP contribution in [0.1, 0.15) is 20.7 Å². The zero-order valence-electron chi connectivity index (χ0n) is 12.9. The van der Waals surface area contributed by atoms with Crippen molar-refractivity contribution in [3.8, 4) is 5.75 Å². The summed E-state index contributed by atoms with van der Waals surface area (Å²) in [5, 5.41) is 2.51. The molecule has 7 heteroatoms. The Morgan fingerprint density at radius 3 is 2.38 bits per heavy atom. The molecule has 1 amide bonds. The third kappa shape index (κ3) is 4.40. The highest BCUT2D eigenvalue weighted by Gasteiger charge is 2.09. The van der Waals surface area contributed by atoms with Crippen molar-refractivity contribution in [1.82, 2.24) is 0 Å². The van der Waals surface area contributed by atoms with E-state index in [9.17, 15) is 14.4 Å². The lowest BCUT2D eigenvalue weighted by atomic mass is 10.1. The van der Waals surface area contributed by atoms with Crippen LogP contribution in [0.5, 0.6) is 5.75 Å². The van der Waals surface area contributed by atoms with E-state index < -0.39 is 12.1 Å². The molecule has 0 fully saturated rings. The van der Waals surface area contributed by atoms with E-state index in [1.54, 1.807) is 18.2 Å². The van der Waals surface area contributed by atoms with Crippen molar-refractivity contribution >= 4 is 23.5 Å². The zero-order chi connectivity index (χ0) is 17.5. The Labute approximate surface area is 138 Å². The van der Waals surface area contributed by atoms with E-state index in [0.717, 1.165) is 0 Å². The zero-order valence-corrected chi connectivity index (χ0v) is 12.9. The van der Waals surface area contributed by atoms with Gasteiger partial charge in [0, 0.05) is 11.3 Å². The SMILES string of the molecule is COC(=O)c1ccc(OC(=O)Nc2cccc(C(=O)CN)c2)cc1. The second-order valence-electron chi connectivity index (χ2n) is 4.74. The molecule has 2 aromatic rings. The number of carbonyl (C=O) groups is 3. The predicted octanol–water partition coefficient (Wildman–Crippen LogP) is 2.23. The summed E-state index contributed by atoms with van der Waals surface area (Å²) < 4.78 is 9.68. The molecule has 0 aliphatic heterocycles. The van der Waals surface area contributed by atoms with Gasteiger partial charge in [-0.25, -0.2) is 9.59 Å². The molecule has 0 heterocycles. The van der Waals surface area contributed by atoms with Gasteiger partial charge in [-0.15, -0.1) is 0 Å². The Morgan fingerprint density at radius 2 is 1.75 bits per heavy atom. The van der Waals surface area contributed by atoms with Gasteiger partial charge in [-0.2, -0.15) is 0 Å². The normalized spacial score (nSPS) is 9.92. The second-order valence-corrected chi connectivity index (χ2v) is 4.74. The standard InChI is InChI=1S/C17H16N2O5/c1-23-16(21)11-5-7-14(8-6-11)24-17(22)19-13-4-2-3-12(9-13)15(20)10-18/h2-9H,10,18H2,1H3,(H,19,22). The highest BCUT2D eigenvalue weighted by molar-refractivity contribution is 5.99. The minimum absolute atomic E-state index is 0.111. The minimum Gasteiger partial charge on any atom is -0.465 e. The fourth-order valence-corrected chi connectivity index (χ4v) is 1.92. The average Bonchev–Trinajstić information content (AvgIpc) is 2.61. The Kier molecular flexibility index (Phi) is 5.64. The van der Waals surface area contributed by atoms with Crippen LogP contribution in [0.15, 0.2) is 48.5 Å². The Hall–Kier alpha value is -3.19. The fourth-order valence-electron chi connectivity index (χ4n) is 1.92. The van der Waals surface area contributed by atoms with Gasteiger partial charge >= 0.3 is 12.1 Å². The van der Waals surface area contributed by atoms with E-state index in [2.05, 4.69) is 10.1 Å². The lowest BCUT2D eigenvalue weighted by Gasteiger charge is -2.08. The van der Waals surface area contributed by atoms with Crippen LogP contribution in [0, 0.1) is 0 Å². The number of anilines is 1. The third-order valence-electron chi connectivity index (χ3n) is 3.10. The minimum atomic E-state index is -0.724. The number of ether oxygens (including phenoxy) is 2.